The first-order chi connectivity index (χ1) is 12.9. The summed E-state index contributed by atoms with van der Waals surface area (Å²) in [5.74, 6) is 0. The van der Waals surface area contributed by atoms with E-state index in [1.807, 2.05) is 57.6 Å². The summed E-state index contributed by atoms with van der Waals surface area (Å²) in [5, 5.41) is 4.47. The molecule has 2 aliphatic rings. The Morgan fingerprint density at radius 1 is 1.29 bits per heavy atom. The van der Waals surface area contributed by atoms with Crippen molar-refractivity contribution in [3.63, 3.8) is 0 Å². The van der Waals surface area contributed by atoms with E-state index in [-0.39, 0.29) is 21.4 Å². The third-order valence-electron chi connectivity index (χ3n) is 4.98. The molecule has 10 heteroatoms. The Hall–Kier alpha value is -0.845. The van der Waals surface area contributed by atoms with Crippen molar-refractivity contribution in [3.05, 3.63) is 12.4 Å². The van der Waals surface area contributed by atoms with Crippen molar-refractivity contribution < 1.29 is 45.1 Å². The number of nitrogens with zero attached hydrogens (tertiary/aromatic N) is 3. The van der Waals surface area contributed by atoms with Gasteiger partial charge < -0.3 is 0 Å². The van der Waals surface area contributed by atoms with Crippen LogP contribution in [0.15, 0.2) is 12.4 Å². The monoisotopic (exact) mass is 506 g/mol. The molecule has 0 spiro atoms. The zero-order valence-electron chi connectivity index (χ0n) is 17.7. The molecule has 2 aliphatic heterocycles. The number of aromatic nitrogens is 2. The summed E-state index contributed by atoms with van der Waals surface area (Å²) in [5.41, 5.74) is -0.359. The predicted octanol–water partition coefficient (Wildman–Crippen LogP) is -1.37. The fourth-order valence-corrected chi connectivity index (χ4v) is 5.19. The molecule has 2 saturated heterocycles. The van der Waals surface area contributed by atoms with Gasteiger partial charge in [-0.05, 0) is 0 Å². The summed E-state index contributed by atoms with van der Waals surface area (Å²) < 4.78 is 25.4. The fourth-order valence-electron chi connectivity index (χ4n) is 2.74. The van der Waals surface area contributed by atoms with Crippen LogP contribution in [0.25, 0.3) is 0 Å². The molecular formula is C18H30BIN3O5-. The molecule has 1 aromatic heterocycles. The molecule has 0 aromatic carbocycles. The first kappa shape index (κ1) is 21.9. The van der Waals surface area contributed by atoms with Crippen LogP contribution in [0.2, 0.25) is 0 Å². The molecule has 0 bridgehead atoms. The van der Waals surface area contributed by atoms with Gasteiger partial charge in [-0.3, -0.25) is 0 Å². The van der Waals surface area contributed by atoms with E-state index in [2.05, 4.69) is 5.10 Å². The van der Waals surface area contributed by atoms with Gasteiger partial charge in [0.1, 0.15) is 0 Å². The number of carbonyl (C=O) groups excluding carboxylic acids is 1. The van der Waals surface area contributed by atoms with E-state index in [0.29, 0.717) is 19.7 Å². The number of morpholine rings is 1. The Labute approximate surface area is 178 Å². The van der Waals surface area contributed by atoms with Gasteiger partial charge in [0.15, 0.2) is 0 Å². The van der Waals surface area contributed by atoms with Gasteiger partial charge in [-0.15, -0.1) is 0 Å². The second kappa shape index (κ2) is 7.77. The third kappa shape index (κ3) is 5.00. The van der Waals surface area contributed by atoms with E-state index >= 15 is 0 Å². The average molecular weight is 506 g/mol. The van der Waals surface area contributed by atoms with Crippen LogP contribution < -0.4 is 26.9 Å². The van der Waals surface area contributed by atoms with Gasteiger partial charge in [-0.25, -0.2) is 0 Å². The average Bonchev–Trinajstić information content (AvgIpc) is 3.08. The molecule has 0 saturated carbocycles. The zero-order chi connectivity index (χ0) is 20.7. The number of alkyl halides is 1. The van der Waals surface area contributed by atoms with E-state index in [9.17, 15) is 4.79 Å². The Balaban J connectivity index is 1.59. The summed E-state index contributed by atoms with van der Waals surface area (Å²) in [4.78, 5) is 14.0. The van der Waals surface area contributed by atoms with Gasteiger partial charge in [-0.2, -0.15) is 0 Å². The molecule has 0 N–H and O–H groups in total. The van der Waals surface area contributed by atoms with Crippen molar-refractivity contribution in [2.45, 2.75) is 69.4 Å². The second-order valence-corrected chi connectivity index (χ2v) is 12.0. The van der Waals surface area contributed by atoms with Crippen LogP contribution in [0.1, 0.15) is 48.5 Å². The molecule has 2 fully saturated rings. The van der Waals surface area contributed by atoms with Crippen molar-refractivity contribution in [1.82, 2.24) is 12.9 Å². The van der Waals surface area contributed by atoms with Crippen LogP contribution in [-0.2, 0) is 18.8 Å². The van der Waals surface area contributed by atoms with E-state index in [4.69, 9.17) is 18.8 Å². The normalized spacial score (nSPS) is 24.6. The number of hydrogen-bond acceptors (Lipinski definition) is 6. The molecule has 28 heavy (non-hydrogen) atoms. The van der Waals surface area contributed by atoms with E-state index < -0.39 is 34.2 Å². The van der Waals surface area contributed by atoms with Gasteiger partial charge >= 0.3 is 178 Å². The van der Waals surface area contributed by atoms with Crippen LogP contribution in [0.4, 0.5) is 4.79 Å². The molecule has 1 amide bonds. The Bertz CT molecular complexity index is 702. The number of hydrogen-bond donors (Lipinski definition) is 0. The Morgan fingerprint density at radius 2 is 1.93 bits per heavy atom. The van der Waals surface area contributed by atoms with Gasteiger partial charge in [0, 0.05) is 0 Å². The minimum absolute atomic E-state index is 0.0360. The van der Waals surface area contributed by atoms with Crippen LogP contribution in [0.5, 0.6) is 0 Å². The van der Waals surface area contributed by atoms with E-state index in [1.54, 1.807) is 11.1 Å². The molecule has 1 aromatic rings. The molecule has 0 radical (unpaired) electrons. The predicted molar refractivity (Wildman–Crippen MR) is 101 cm³/mol. The van der Waals surface area contributed by atoms with Gasteiger partial charge in [0.05, 0.1) is 0 Å². The summed E-state index contributed by atoms with van der Waals surface area (Å²) >= 11 is -0.602. The zero-order valence-corrected chi connectivity index (χ0v) is 19.8. The molecular weight excluding hydrogens is 476 g/mol. The first-order valence-corrected chi connectivity index (χ1v) is 11.7. The summed E-state index contributed by atoms with van der Waals surface area (Å²) in [6, 6.07) is 0. The number of carbonyl (C=O) groups is 1. The molecule has 0 aliphatic carbocycles. The van der Waals surface area contributed by atoms with Crippen LogP contribution in [0, 0.1) is 0 Å². The molecule has 158 valence electrons. The quantitative estimate of drug-likeness (QED) is 0.286. The topological polar surface area (TPSA) is 75.0 Å². The fraction of sp³-hybridized carbons (Fsp3) is 0.778. The van der Waals surface area contributed by atoms with Crippen molar-refractivity contribution in [2.24, 2.45) is 0 Å². The maximum absolute atomic E-state index is 12.3. The van der Waals surface area contributed by atoms with Crippen molar-refractivity contribution >= 4 is 18.7 Å². The standard InChI is InChI=1S/C18H30BIN3O5/c1-16(2,3)26-15(24)22-8-9-25-14(12-22)20-23-11-13(10-21-23)19-27-17(4,5)18(6,7)28-19/h10-11,14H,8-9,12H2,1-7H3/q-1/t14-/m0/s1. The van der Waals surface area contributed by atoms with E-state index in [0.717, 1.165) is 5.46 Å². The molecule has 0 unspecified atom stereocenters. The SMILES string of the molecule is CC(C)(C)OC(=O)N1CCO[C@H]([I-]n2cc(B3OC(C)(C)C(C)(C)O3)cn2)C1. The van der Waals surface area contributed by atoms with E-state index in [1.165, 1.54) is 0 Å². The van der Waals surface area contributed by atoms with Crippen molar-refractivity contribution in [1.29, 1.82) is 0 Å². The van der Waals surface area contributed by atoms with Gasteiger partial charge in [-0.1, -0.05) is 0 Å². The minimum atomic E-state index is -0.602. The first-order valence-electron chi connectivity index (χ1n) is 9.50. The summed E-state index contributed by atoms with van der Waals surface area (Å²) in [7, 11) is -0.423. The molecule has 3 heterocycles. The van der Waals surface area contributed by atoms with Crippen LogP contribution in [-0.4, -0.2) is 66.7 Å². The third-order valence-corrected chi connectivity index (χ3v) is 7.46. The van der Waals surface area contributed by atoms with Gasteiger partial charge in [0.25, 0.3) is 0 Å². The second-order valence-electron chi connectivity index (χ2n) is 9.06. The Kier molecular flexibility index (Phi) is 6.06. The van der Waals surface area contributed by atoms with Gasteiger partial charge in [0.2, 0.25) is 0 Å². The summed E-state index contributed by atoms with van der Waals surface area (Å²) in [6.45, 7) is 15.3. The Morgan fingerprint density at radius 3 is 2.54 bits per heavy atom. The summed E-state index contributed by atoms with van der Waals surface area (Å²) in [6.07, 6.45) is 3.46. The molecule has 1 atom stereocenters. The van der Waals surface area contributed by atoms with Crippen molar-refractivity contribution in [2.75, 3.05) is 19.7 Å². The number of rotatable bonds is 3. The van der Waals surface area contributed by atoms with Crippen LogP contribution >= 0.6 is 0 Å². The van der Waals surface area contributed by atoms with Crippen LogP contribution in [0.3, 0.4) is 0 Å². The molecule has 8 nitrogen and oxygen atoms in total. The number of ether oxygens (including phenoxy) is 2. The molecule has 3 rings (SSSR count). The van der Waals surface area contributed by atoms with Crippen molar-refractivity contribution in [3.8, 4) is 0 Å². The number of amides is 1. The number of halogens is 1. The maximum atomic E-state index is 12.3.